The fraction of sp³-hybridized carbons (Fsp3) is 0.556. The molecule has 0 unspecified atom stereocenters. The largest absolute Gasteiger partial charge is 0.480 e. The normalized spacial score (nSPS) is 19.2. The Morgan fingerprint density at radius 1 is 1.26 bits per heavy atom. The second-order valence-electron chi connectivity index (χ2n) is 9.64. The summed E-state index contributed by atoms with van der Waals surface area (Å²) in [7, 11) is 0. The van der Waals surface area contributed by atoms with Crippen LogP contribution in [-0.4, -0.2) is 53.3 Å². The number of alkyl halides is 2. The summed E-state index contributed by atoms with van der Waals surface area (Å²) in [4.78, 5) is 18.5. The first-order valence-electron chi connectivity index (χ1n) is 12.6. The van der Waals surface area contributed by atoms with Gasteiger partial charge in [0.15, 0.2) is 0 Å². The third-order valence-corrected chi connectivity index (χ3v) is 6.89. The highest BCUT2D eigenvalue weighted by Gasteiger charge is 2.38. The lowest BCUT2D eigenvalue weighted by molar-refractivity contribution is -0.143. The van der Waals surface area contributed by atoms with Gasteiger partial charge < -0.3 is 15.2 Å². The molecular weight excluding hydrogens is 452 g/mol. The lowest BCUT2D eigenvalue weighted by atomic mass is 9.95. The summed E-state index contributed by atoms with van der Waals surface area (Å²) in [6.07, 6.45) is 6.79. The molecule has 0 radical (unpaired) electrons. The van der Waals surface area contributed by atoms with E-state index in [0.717, 1.165) is 63.5 Å². The lowest BCUT2D eigenvalue weighted by Gasteiger charge is -2.27. The SMILES string of the molecule is CC(F)(F)c1ccccc1[C@H](C(=O)O)N1CC[C@@H](OCCCCCc2ccc3c(n2)NCCC3)C1. The Balaban J connectivity index is 1.21. The van der Waals surface area contributed by atoms with Crippen molar-refractivity contribution in [3.63, 3.8) is 0 Å². The second kappa shape index (κ2) is 11.4. The van der Waals surface area contributed by atoms with Crippen LogP contribution in [0.5, 0.6) is 0 Å². The van der Waals surface area contributed by atoms with Crippen molar-refractivity contribution in [3.8, 4) is 0 Å². The lowest BCUT2D eigenvalue weighted by Crippen LogP contribution is -2.35. The van der Waals surface area contributed by atoms with E-state index in [0.29, 0.717) is 26.1 Å². The summed E-state index contributed by atoms with van der Waals surface area (Å²) in [6.45, 7) is 3.33. The smallest absolute Gasteiger partial charge is 0.325 e. The Morgan fingerprint density at radius 2 is 2.09 bits per heavy atom. The number of nitrogens with zero attached hydrogens (tertiary/aromatic N) is 2. The number of anilines is 1. The molecule has 3 heterocycles. The quantitative estimate of drug-likeness (QED) is 0.426. The van der Waals surface area contributed by atoms with Crippen molar-refractivity contribution in [2.45, 2.75) is 69.9 Å². The maximum atomic E-state index is 14.1. The number of aliphatic carboxylic acids is 1. The Hall–Kier alpha value is -2.58. The molecule has 1 aromatic heterocycles. The molecule has 0 spiro atoms. The van der Waals surface area contributed by atoms with Gasteiger partial charge in [0.05, 0.1) is 6.10 Å². The van der Waals surface area contributed by atoms with Crippen LogP contribution < -0.4 is 5.32 Å². The standard InChI is InChI=1S/C27H35F2N3O3/c1-27(28,29)23-11-5-4-10-22(23)24(26(33)34)32-16-14-21(18-32)35-17-6-2-3-9-20-13-12-19-8-7-15-30-25(19)31-20/h4-5,10-13,21,24H,2-3,6-9,14-18H2,1H3,(H,30,31)(H,33,34)/t21-,24-/m1/s1. The number of halogens is 2. The number of likely N-dealkylation sites (tertiary alicyclic amines) is 1. The van der Waals surface area contributed by atoms with Gasteiger partial charge in [0.2, 0.25) is 0 Å². The maximum Gasteiger partial charge on any atom is 0.325 e. The Labute approximate surface area is 205 Å². The number of hydrogen-bond donors (Lipinski definition) is 2. The number of benzene rings is 1. The zero-order valence-corrected chi connectivity index (χ0v) is 20.3. The molecule has 2 aliphatic heterocycles. The number of carboxylic acids is 1. The number of hydrogen-bond acceptors (Lipinski definition) is 5. The minimum atomic E-state index is -3.11. The number of aryl methyl sites for hydroxylation is 2. The topological polar surface area (TPSA) is 74.7 Å². The van der Waals surface area contributed by atoms with Crippen LogP contribution in [-0.2, 0) is 28.3 Å². The van der Waals surface area contributed by atoms with Crippen molar-refractivity contribution in [2.75, 3.05) is 31.6 Å². The van der Waals surface area contributed by atoms with E-state index in [1.165, 1.54) is 23.8 Å². The molecule has 0 amide bonds. The average molecular weight is 488 g/mol. The van der Waals surface area contributed by atoms with Crippen LogP contribution >= 0.6 is 0 Å². The average Bonchev–Trinajstić information content (AvgIpc) is 3.29. The van der Waals surface area contributed by atoms with Gasteiger partial charge in [-0.1, -0.05) is 36.8 Å². The van der Waals surface area contributed by atoms with Crippen molar-refractivity contribution >= 4 is 11.8 Å². The van der Waals surface area contributed by atoms with Crippen molar-refractivity contribution in [1.29, 1.82) is 0 Å². The Morgan fingerprint density at radius 3 is 2.89 bits per heavy atom. The number of ether oxygens (including phenoxy) is 1. The van der Waals surface area contributed by atoms with E-state index in [9.17, 15) is 18.7 Å². The van der Waals surface area contributed by atoms with Gasteiger partial charge in [0.1, 0.15) is 11.9 Å². The first-order chi connectivity index (χ1) is 16.8. The van der Waals surface area contributed by atoms with Crippen molar-refractivity contribution in [1.82, 2.24) is 9.88 Å². The van der Waals surface area contributed by atoms with Gasteiger partial charge in [-0.15, -0.1) is 0 Å². The molecule has 0 bridgehead atoms. The van der Waals surface area contributed by atoms with Crippen LogP contribution in [0.2, 0.25) is 0 Å². The second-order valence-corrected chi connectivity index (χ2v) is 9.64. The number of nitrogens with one attached hydrogen (secondary N) is 1. The molecule has 1 aromatic carbocycles. The van der Waals surface area contributed by atoms with Crippen molar-refractivity contribution in [2.24, 2.45) is 0 Å². The van der Waals surface area contributed by atoms with Gasteiger partial charge in [-0.05, 0) is 55.7 Å². The van der Waals surface area contributed by atoms with Crippen LogP contribution in [0.15, 0.2) is 36.4 Å². The van der Waals surface area contributed by atoms with Crippen LogP contribution in [0.1, 0.15) is 67.5 Å². The van der Waals surface area contributed by atoms with E-state index in [2.05, 4.69) is 17.4 Å². The van der Waals surface area contributed by atoms with Gasteiger partial charge in [-0.3, -0.25) is 9.69 Å². The molecule has 4 rings (SSSR count). The van der Waals surface area contributed by atoms with E-state index in [-0.39, 0.29) is 17.2 Å². The molecule has 2 N–H and O–H groups in total. The van der Waals surface area contributed by atoms with E-state index in [1.54, 1.807) is 11.0 Å². The summed E-state index contributed by atoms with van der Waals surface area (Å²) < 4.78 is 34.2. The van der Waals surface area contributed by atoms with Crippen molar-refractivity contribution < 1.29 is 23.4 Å². The van der Waals surface area contributed by atoms with Crippen LogP contribution in [0.3, 0.4) is 0 Å². The highest BCUT2D eigenvalue weighted by molar-refractivity contribution is 5.76. The number of fused-ring (bicyclic) bond motifs is 1. The molecule has 1 saturated heterocycles. The predicted octanol–water partition coefficient (Wildman–Crippen LogP) is 5.18. The third kappa shape index (κ3) is 6.55. The van der Waals surface area contributed by atoms with Gasteiger partial charge in [0.25, 0.3) is 5.92 Å². The van der Waals surface area contributed by atoms with Crippen LogP contribution in [0.4, 0.5) is 14.6 Å². The number of rotatable bonds is 11. The van der Waals surface area contributed by atoms with Crippen LogP contribution in [0, 0.1) is 0 Å². The van der Waals surface area contributed by atoms with Crippen molar-refractivity contribution in [3.05, 3.63) is 58.8 Å². The minimum absolute atomic E-state index is 0.0838. The zero-order valence-electron chi connectivity index (χ0n) is 20.3. The molecule has 190 valence electrons. The van der Waals surface area contributed by atoms with Gasteiger partial charge in [-0.25, -0.2) is 13.8 Å². The number of pyridine rings is 1. The molecule has 2 aromatic rings. The monoisotopic (exact) mass is 487 g/mol. The molecule has 1 fully saturated rings. The third-order valence-electron chi connectivity index (χ3n) is 6.89. The van der Waals surface area contributed by atoms with Gasteiger partial charge >= 0.3 is 5.97 Å². The summed E-state index contributed by atoms with van der Waals surface area (Å²) in [6, 6.07) is 9.14. The minimum Gasteiger partial charge on any atom is -0.480 e. The van der Waals surface area contributed by atoms with Gasteiger partial charge in [0, 0.05) is 44.4 Å². The first-order valence-corrected chi connectivity index (χ1v) is 12.6. The van der Waals surface area contributed by atoms with E-state index >= 15 is 0 Å². The Kier molecular flexibility index (Phi) is 8.34. The summed E-state index contributed by atoms with van der Waals surface area (Å²) in [5, 5.41) is 13.2. The van der Waals surface area contributed by atoms with Gasteiger partial charge in [-0.2, -0.15) is 0 Å². The molecule has 0 saturated carbocycles. The summed E-state index contributed by atoms with van der Waals surface area (Å²) >= 11 is 0. The van der Waals surface area contributed by atoms with E-state index < -0.39 is 17.9 Å². The summed E-state index contributed by atoms with van der Waals surface area (Å²) in [5.41, 5.74) is 2.33. The predicted molar refractivity (Wildman–Crippen MR) is 131 cm³/mol. The van der Waals surface area contributed by atoms with E-state index in [1.807, 2.05) is 0 Å². The summed E-state index contributed by atoms with van der Waals surface area (Å²) in [5.74, 6) is -3.19. The fourth-order valence-electron chi connectivity index (χ4n) is 5.09. The molecule has 2 atom stereocenters. The van der Waals surface area contributed by atoms with E-state index in [4.69, 9.17) is 9.72 Å². The molecule has 2 aliphatic rings. The highest BCUT2D eigenvalue weighted by atomic mass is 19.3. The number of aromatic nitrogens is 1. The molecule has 0 aliphatic carbocycles. The number of carbonyl (C=O) groups is 1. The first kappa shape index (κ1) is 25.5. The zero-order chi connectivity index (χ0) is 24.8. The molecular formula is C27H35F2N3O3. The maximum absolute atomic E-state index is 14.1. The molecule has 8 heteroatoms. The molecule has 6 nitrogen and oxygen atoms in total. The Bertz CT molecular complexity index is 1010. The van der Waals surface area contributed by atoms with Crippen LogP contribution in [0.25, 0.3) is 0 Å². The fourth-order valence-corrected chi connectivity index (χ4v) is 5.09. The number of unbranched alkanes of at least 4 members (excludes halogenated alkanes) is 2. The number of carboxylic acid groups (broad SMARTS) is 1. The highest BCUT2D eigenvalue weighted by Crippen LogP contribution is 2.36. The molecule has 35 heavy (non-hydrogen) atoms.